The summed E-state index contributed by atoms with van der Waals surface area (Å²) in [5, 5.41) is 4.90. The topological polar surface area (TPSA) is 77.0 Å². The van der Waals surface area contributed by atoms with E-state index in [0.29, 0.717) is 27.1 Å². The van der Waals surface area contributed by atoms with Gasteiger partial charge in [0.1, 0.15) is 11.5 Å². The Morgan fingerprint density at radius 3 is 2.39 bits per heavy atom. The van der Waals surface area contributed by atoms with Gasteiger partial charge in [-0.05, 0) is 60.2 Å². The van der Waals surface area contributed by atoms with Crippen molar-refractivity contribution in [3.8, 4) is 11.5 Å². The van der Waals surface area contributed by atoms with Crippen molar-refractivity contribution in [2.75, 3.05) is 6.61 Å². The van der Waals surface area contributed by atoms with Crippen LogP contribution in [0.5, 0.6) is 11.5 Å². The Kier molecular flexibility index (Phi) is 7.89. The standard InChI is InChI=1S/C22H15Cl3N2O4/c23-15-7-10-17(19(25)11-15)22(29)31-16-8-5-14(6-9-16)12-26-27-21(28)13-30-20-4-2-1-3-18(20)24/h1-12H,13H2,(H,27,28). The molecule has 3 aromatic carbocycles. The molecular formula is C22H15Cl3N2O4. The van der Waals surface area contributed by atoms with Gasteiger partial charge in [-0.25, -0.2) is 10.2 Å². The molecule has 0 unspecified atom stereocenters. The Bertz CT molecular complexity index is 1120. The molecule has 0 saturated carbocycles. The smallest absolute Gasteiger partial charge is 0.345 e. The Morgan fingerprint density at radius 2 is 1.68 bits per heavy atom. The molecule has 0 aliphatic carbocycles. The number of nitrogens with one attached hydrogen (secondary N) is 1. The van der Waals surface area contributed by atoms with E-state index in [-0.39, 0.29) is 17.2 Å². The lowest BCUT2D eigenvalue weighted by Crippen LogP contribution is -2.24. The average molecular weight is 478 g/mol. The van der Waals surface area contributed by atoms with Crippen molar-refractivity contribution in [1.82, 2.24) is 5.43 Å². The van der Waals surface area contributed by atoms with E-state index < -0.39 is 11.9 Å². The Morgan fingerprint density at radius 1 is 0.935 bits per heavy atom. The summed E-state index contributed by atoms with van der Waals surface area (Å²) in [5.41, 5.74) is 3.24. The van der Waals surface area contributed by atoms with Gasteiger partial charge in [0.25, 0.3) is 5.91 Å². The molecule has 9 heteroatoms. The third kappa shape index (κ3) is 6.72. The van der Waals surface area contributed by atoms with Crippen molar-refractivity contribution < 1.29 is 19.1 Å². The third-order valence-electron chi connectivity index (χ3n) is 3.84. The number of hydrogen-bond donors (Lipinski definition) is 1. The summed E-state index contributed by atoms with van der Waals surface area (Å²) in [6, 6.07) is 17.9. The van der Waals surface area contributed by atoms with E-state index in [1.807, 2.05) is 0 Å². The first kappa shape index (κ1) is 22.6. The number of esters is 1. The van der Waals surface area contributed by atoms with Gasteiger partial charge < -0.3 is 9.47 Å². The molecule has 3 rings (SSSR count). The summed E-state index contributed by atoms with van der Waals surface area (Å²) in [7, 11) is 0. The summed E-state index contributed by atoms with van der Waals surface area (Å²) >= 11 is 17.8. The lowest BCUT2D eigenvalue weighted by Gasteiger charge is -2.07. The zero-order chi connectivity index (χ0) is 22.2. The van der Waals surface area contributed by atoms with Crippen molar-refractivity contribution >= 4 is 52.9 Å². The maximum Gasteiger partial charge on any atom is 0.345 e. The number of ether oxygens (including phenoxy) is 2. The molecule has 0 radical (unpaired) electrons. The van der Waals surface area contributed by atoms with Gasteiger partial charge in [-0.3, -0.25) is 4.79 Å². The average Bonchev–Trinajstić information content (AvgIpc) is 2.74. The monoisotopic (exact) mass is 476 g/mol. The van der Waals surface area contributed by atoms with Gasteiger partial charge in [-0.15, -0.1) is 0 Å². The molecule has 6 nitrogen and oxygen atoms in total. The number of hydrazone groups is 1. The summed E-state index contributed by atoms with van der Waals surface area (Å²) < 4.78 is 10.6. The van der Waals surface area contributed by atoms with E-state index in [0.717, 1.165) is 0 Å². The number of benzene rings is 3. The van der Waals surface area contributed by atoms with Crippen LogP contribution in [-0.4, -0.2) is 24.7 Å². The predicted octanol–water partition coefficient (Wildman–Crippen LogP) is 5.40. The van der Waals surface area contributed by atoms with Crippen molar-refractivity contribution in [2.24, 2.45) is 5.10 Å². The molecule has 0 aliphatic heterocycles. The quantitative estimate of drug-likeness (QED) is 0.214. The van der Waals surface area contributed by atoms with Crippen LogP contribution in [0.3, 0.4) is 0 Å². The van der Waals surface area contributed by atoms with Gasteiger partial charge >= 0.3 is 5.97 Å². The molecule has 0 bridgehead atoms. The minimum absolute atomic E-state index is 0.204. The lowest BCUT2D eigenvalue weighted by molar-refractivity contribution is -0.123. The maximum absolute atomic E-state index is 12.2. The van der Waals surface area contributed by atoms with Crippen molar-refractivity contribution in [3.05, 3.63) is 92.9 Å². The predicted molar refractivity (Wildman–Crippen MR) is 121 cm³/mol. The summed E-state index contributed by atoms with van der Waals surface area (Å²) in [6.45, 7) is -0.233. The molecule has 0 spiro atoms. The Hall–Kier alpha value is -3.06. The highest BCUT2D eigenvalue weighted by Crippen LogP contribution is 2.23. The zero-order valence-electron chi connectivity index (χ0n) is 15.8. The van der Waals surface area contributed by atoms with E-state index in [1.54, 1.807) is 54.6 Å². The lowest BCUT2D eigenvalue weighted by atomic mass is 10.2. The number of carbonyl (C=O) groups is 2. The normalized spacial score (nSPS) is 10.7. The van der Waals surface area contributed by atoms with E-state index in [4.69, 9.17) is 44.3 Å². The molecule has 1 amide bonds. The number of rotatable bonds is 7. The Balaban J connectivity index is 1.49. The van der Waals surface area contributed by atoms with E-state index in [2.05, 4.69) is 10.5 Å². The van der Waals surface area contributed by atoms with Gasteiger partial charge in [0.15, 0.2) is 6.61 Å². The third-order valence-corrected chi connectivity index (χ3v) is 4.70. The molecule has 158 valence electrons. The highest BCUT2D eigenvalue weighted by molar-refractivity contribution is 6.36. The fourth-order valence-electron chi connectivity index (χ4n) is 2.36. The summed E-state index contributed by atoms with van der Waals surface area (Å²) in [5.74, 6) is -0.311. The SMILES string of the molecule is O=C(COc1ccccc1Cl)NN=Cc1ccc(OC(=O)c2ccc(Cl)cc2Cl)cc1. The van der Waals surface area contributed by atoms with Crippen LogP contribution >= 0.6 is 34.8 Å². The second kappa shape index (κ2) is 10.8. The van der Waals surface area contributed by atoms with E-state index in [9.17, 15) is 9.59 Å². The van der Waals surface area contributed by atoms with Crippen molar-refractivity contribution in [3.63, 3.8) is 0 Å². The van der Waals surface area contributed by atoms with E-state index in [1.165, 1.54) is 18.3 Å². The fraction of sp³-hybridized carbons (Fsp3) is 0.0455. The molecule has 1 N–H and O–H groups in total. The molecule has 0 aliphatic rings. The first-order valence-corrected chi connectivity index (χ1v) is 10.0. The van der Waals surface area contributed by atoms with Crippen molar-refractivity contribution in [2.45, 2.75) is 0 Å². The molecule has 0 fully saturated rings. The highest BCUT2D eigenvalue weighted by Gasteiger charge is 2.13. The number of halogens is 3. The van der Waals surface area contributed by atoms with Crippen LogP contribution in [0.4, 0.5) is 0 Å². The van der Waals surface area contributed by atoms with Gasteiger partial charge in [0, 0.05) is 5.02 Å². The van der Waals surface area contributed by atoms with Crippen LogP contribution in [0.1, 0.15) is 15.9 Å². The number of hydrogen-bond acceptors (Lipinski definition) is 5. The second-order valence-electron chi connectivity index (χ2n) is 6.09. The molecule has 31 heavy (non-hydrogen) atoms. The van der Waals surface area contributed by atoms with Gasteiger partial charge in [0.2, 0.25) is 0 Å². The van der Waals surface area contributed by atoms with Crippen LogP contribution in [-0.2, 0) is 4.79 Å². The number of amides is 1. The highest BCUT2D eigenvalue weighted by atomic mass is 35.5. The second-order valence-corrected chi connectivity index (χ2v) is 7.35. The molecule has 0 saturated heterocycles. The largest absolute Gasteiger partial charge is 0.482 e. The minimum Gasteiger partial charge on any atom is -0.482 e. The molecule has 0 heterocycles. The zero-order valence-corrected chi connectivity index (χ0v) is 18.1. The summed E-state index contributed by atoms with van der Waals surface area (Å²) in [6.07, 6.45) is 1.44. The van der Waals surface area contributed by atoms with Crippen LogP contribution in [0.25, 0.3) is 0 Å². The van der Waals surface area contributed by atoms with Gasteiger partial charge in [-0.2, -0.15) is 5.10 Å². The minimum atomic E-state index is -0.603. The molecule has 0 aromatic heterocycles. The molecule has 3 aromatic rings. The van der Waals surface area contributed by atoms with Crippen molar-refractivity contribution in [1.29, 1.82) is 0 Å². The van der Waals surface area contributed by atoms with Gasteiger partial charge in [0.05, 0.1) is 21.8 Å². The van der Waals surface area contributed by atoms with Crippen LogP contribution < -0.4 is 14.9 Å². The number of nitrogens with zero attached hydrogens (tertiary/aromatic N) is 1. The van der Waals surface area contributed by atoms with Crippen LogP contribution in [0, 0.1) is 0 Å². The van der Waals surface area contributed by atoms with E-state index >= 15 is 0 Å². The first-order valence-electron chi connectivity index (χ1n) is 8.89. The number of para-hydroxylation sites is 1. The molecule has 0 atom stereocenters. The first-order chi connectivity index (χ1) is 14.9. The Labute approximate surface area is 193 Å². The number of carbonyl (C=O) groups excluding carboxylic acids is 2. The van der Waals surface area contributed by atoms with Gasteiger partial charge in [-0.1, -0.05) is 46.9 Å². The maximum atomic E-state index is 12.2. The van der Waals surface area contributed by atoms with Crippen LogP contribution in [0.2, 0.25) is 15.1 Å². The molecular weight excluding hydrogens is 463 g/mol. The van der Waals surface area contributed by atoms with Crippen LogP contribution in [0.15, 0.2) is 71.8 Å². The summed E-state index contributed by atoms with van der Waals surface area (Å²) in [4.78, 5) is 24.0. The fourth-order valence-corrected chi connectivity index (χ4v) is 3.03.